The summed E-state index contributed by atoms with van der Waals surface area (Å²) in [4.78, 5) is 34.6. The van der Waals surface area contributed by atoms with E-state index in [0.717, 1.165) is 118 Å². The Morgan fingerprint density at radius 2 is 0.449 bits per heavy atom. The van der Waals surface area contributed by atoms with Crippen molar-refractivity contribution in [2.24, 2.45) is 0 Å². The van der Waals surface area contributed by atoms with Gasteiger partial charge in [-0.3, -0.25) is 0 Å². The summed E-state index contributed by atoms with van der Waals surface area (Å²) in [6, 6.07) is 120. The zero-order chi connectivity index (χ0) is 95.9. The monoisotopic (exact) mass is 2350 g/mol. The maximum atomic E-state index is 3.96. The third-order valence-corrected chi connectivity index (χ3v) is 36.7. The van der Waals surface area contributed by atoms with E-state index in [0.29, 0.717) is 11.8 Å². The minimum atomic E-state index is -0.630. The van der Waals surface area contributed by atoms with Crippen LogP contribution in [0.25, 0.3) is 44.5 Å². The summed E-state index contributed by atoms with van der Waals surface area (Å²) in [6.45, 7) is 30.1. The molecule has 0 spiro atoms. The Morgan fingerprint density at radius 3 is 0.688 bits per heavy atom. The van der Waals surface area contributed by atoms with Gasteiger partial charge >= 0.3 is 835 Å². The maximum absolute atomic E-state index is 3.96. The van der Waals surface area contributed by atoms with E-state index < -0.39 is 52.9 Å². The molecule has 9 aliphatic heterocycles. The van der Waals surface area contributed by atoms with E-state index in [1.54, 1.807) is 0 Å². The van der Waals surface area contributed by atoms with Gasteiger partial charge in [0.05, 0.1) is 0 Å². The second-order valence-corrected chi connectivity index (χ2v) is 47.0. The molecule has 0 aromatic heterocycles. The molecule has 0 saturated heterocycles. The molecule has 706 valence electrons. The summed E-state index contributed by atoms with van der Waals surface area (Å²) in [5.41, 5.74) is 31.2. The van der Waals surface area contributed by atoms with Crippen molar-refractivity contribution in [2.75, 3.05) is 86.4 Å². The van der Waals surface area contributed by atoms with E-state index in [1.165, 1.54) is 64.1 Å². The van der Waals surface area contributed by atoms with Crippen molar-refractivity contribution in [3.05, 3.63) is 406 Å². The Labute approximate surface area is 839 Å². The van der Waals surface area contributed by atoms with Crippen LogP contribution < -0.4 is 44.1 Å². The normalized spacial score (nSPS) is 16.0. The van der Waals surface area contributed by atoms with Gasteiger partial charge in [0.15, 0.2) is 0 Å². The van der Waals surface area contributed by atoms with E-state index in [-0.39, 0.29) is 16.2 Å². The number of benzene rings is 13. The molecule has 13 aromatic carbocycles. The molecule has 12 bridgehead atoms. The summed E-state index contributed by atoms with van der Waals surface area (Å²) in [5.74, 6) is 0.734. The number of rotatable bonds is 9. The van der Waals surface area contributed by atoms with Crippen molar-refractivity contribution in [1.29, 1.82) is 0 Å². The molecule has 0 N–H and O–H groups in total. The molecule has 0 unspecified atom stereocenters. The Bertz CT molecular complexity index is 6950. The molecular weight excluding hydrogens is 2240 g/mol. The molecule has 0 aliphatic carbocycles. The van der Waals surface area contributed by atoms with Gasteiger partial charge in [-0.2, -0.15) is 0 Å². The number of fused-ring (bicyclic) bond motifs is 24. The first-order chi connectivity index (χ1) is 66.5. The summed E-state index contributed by atoms with van der Waals surface area (Å²) < 4.78 is 7.68. The Hall–Kier alpha value is -13.4. The van der Waals surface area contributed by atoms with Crippen molar-refractivity contribution >= 4 is 110 Å². The summed E-state index contributed by atoms with van der Waals surface area (Å²) in [6.07, 6.45) is 26.0. The predicted molar refractivity (Wildman–Crippen MR) is 569 cm³/mol. The van der Waals surface area contributed by atoms with E-state index in [9.17, 15) is 0 Å². The molecular formula is C120H115N15Pt3-6. The van der Waals surface area contributed by atoms with Gasteiger partial charge in [0.25, 0.3) is 0 Å². The van der Waals surface area contributed by atoms with Crippen molar-refractivity contribution in [3.8, 4) is 44.5 Å². The van der Waals surface area contributed by atoms with Crippen LogP contribution in [0.2, 0.25) is 0 Å². The first-order valence-electron chi connectivity index (χ1n) is 47.0. The van der Waals surface area contributed by atoms with Gasteiger partial charge in [-0.05, 0) is 0 Å². The van der Waals surface area contributed by atoms with Gasteiger partial charge in [0, 0.05) is 0 Å². The van der Waals surface area contributed by atoms with Crippen LogP contribution >= 0.6 is 0 Å². The fourth-order valence-electron chi connectivity index (χ4n) is 18.5. The third kappa shape index (κ3) is 17.6. The number of anilines is 15. The van der Waals surface area contributed by atoms with Crippen LogP contribution in [0, 0.1) is 36.4 Å². The summed E-state index contributed by atoms with van der Waals surface area (Å²) in [7, 11) is 12.9. The number of hydrogen-bond donors (Lipinski definition) is 0. The van der Waals surface area contributed by atoms with Gasteiger partial charge in [-0.1, -0.05) is 12.1 Å². The molecule has 0 fully saturated rings. The average Bonchev–Trinajstić information content (AvgIpc) is 1.44. The first-order valence-corrected chi connectivity index (χ1v) is 53.8. The fourth-order valence-corrected chi connectivity index (χ4v) is 27.6. The molecule has 22 rings (SSSR count). The SMILES string of the molecule is CC(C)c1cccc(C(C)C)c1N1c2[c-]c(ccc2)N2C=CN(C)[C]2=[Pt]=[C]2N(C)C=CN2c2[c-]c1ccc2.CN1C=CN2[C]1=[Pt]=[C]1N(C)C=CN1c1[c-]c(ccc1)N(c1c(-c3ccccc3)c(-c3ccccc3)cc(-c3ccccc3)c1-c1ccccc1)c1[c-]c2ccc1.CN1C=CN2[C]1=[Pt]=[C]1N(C)C=CN1c1[c-]c(ccc1)N(c1c(C(C)(C)C)cc(C(C)(C)C)cc1C(C)(C)C)c1[c-]c2ccc1. The van der Waals surface area contributed by atoms with Crippen LogP contribution in [0.3, 0.4) is 0 Å². The second kappa shape index (κ2) is 37.5. The first kappa shape index (κ1) is 92.3. The molecule has 13 aromatic rings. The second-order valence-electron chi connectivity index (χ2n) is 39.2. The quantitative estimate of drug-likeness (QED) is 0.129. The van der Waals surface area contributed by atoms with E-state index >= 15 is 0 Å². The Balaban J connectivity index is 0.000000130. The van der Waals surface area contributed by atoms with E-state index in [1.807, 2.05) is 0 Å². The molecule has 138 heavy (non-hydrogen) atoms. The van der Waals surface area contributed by atoms with E-state index in [4.69, 9.17) is 0 Å². The third-order valence-electron chi connectivity index (χ3n) is 25.6. The molecule has 9 aliphatic rings. The van der Waals surface area contributed by atoms with Crippen molar-refractivity contribution < 1.29 is 52.9 Å². The van der Waals surface area contributed by atoms with E-state index in [2.05, 4.69) is 584 Å². The van der Waals surface area contributed by atoms with Crippen LogP contribution in [0.1, 0.15) is 130 Å². The van der Waals surface area contributed by atoms with Gasteiger partial charge in [0.2, 0.25) is 0 Å². The van der Waals surface area contributed by atoms with Crippen LogP contribution in [-0.2, 0) is 69.2 Å². The number of para-hydroxylation sites is 1. The average molecular weight is 2350 g/mol. The van der Waals surface area contributed by atoms with Crippen molar-refractivity contribution in [1.82, 2.24) is 29.4 Å². The molecule has 0 saturated carbocycles. The molecule has 0 radical (unpaired) electrons. The molecule has 15 nitrogen and oxygen atoms in total. The zero-order valence-electron chi connectivity index (χ0n) is 81.6. The Morgan fingerprint density at radius 1 is 0.225 bits per heavy atom. The zero-order valence-corrected chi connectivity index (χ0v) is 88.5. The van der Waals surface area contributed by atoms with Gasteiger partial charge in [-0.25, -0.2) is 0 Å². The topological polar surface area (TPSA) is 48.6 Å². The number of hydrogen-bond acceptors (Lipinski definition) is 15. The van der Waals surface area contributed by atoms with Crippen LogP contribution in [0.4, 0.5) is 85.3 Å². The molecule has 9 heterocycles. The summed E-state index contributed by atoms with van der Waals surface area (Å²) >= 11 is -1.71. The van der Waals surface area contributed by atoms with Crippen LogP contribution in [0.5, 0.6) is 0 Å². The molecule has 0 atom stereocenters. The molecule has 18 heteroatoms. The predicted octanol–water partition coefficient (Wildman–Crippen LogP) is 26.2. The minimum absolute atomic E-state index is 0.0161. The van der Waals surface area contributed by atoms with Gasteiger partial charge < -0.3 is 0 Å². The summed E-state index contributed by atoms with van der Waals surface area (Å²) in [5, 5.41) is 0. The molecule has 0 amide bonds. The fraction of sp³-hybridized carbons (Fsp3) is 0.200. The van der Waals surface area contributed by atoms with Crippen LogP contribution in [0.15, 0.2) is 341 Å². The standard InChI is InChI=1S/C50H37N5.C38H45N5.C32H33N5.3Pt/c1-51-29-31-53(36-51)42-25-15-27-44(33-42)55(45-28-16-26-43(34-45)54-32-30-52(2)37-54)50-48(40-21-11-5-12-22-40)46(38-17-7-3-8-18-38)35-47(39-19-9-4-10-20-39)49(50)41-23-13-6-14-24-41;1-36(2,3)28-22-33(37(4,5)6)35(34(23-28)38(7,8)9)43(31-16-12-14-29(24-31)41-20-18-39(10)26-41)32-17-13-15-30(25-32)42-21-19-40(11)27-42;1-24(2)30-14-9-15-31(25(3)4)32(30)37(28-12-7-10-26(20-28)35-18-16-33(5)22-35)29-13-8-11-27(21-29)36-19-17-34(6)23-36;;;/h3-32,35H,1-2H3;12-23H,1-11H3;7-19,24-25H,1-6H3;;;/q3*-2;;;. The van der Waals surface area contributed by atoms with Crippen LogP contribution in [-0.4, -0.2) is 96.6 Å². The number of nitrogens with zero attached hydrogens (tertiary/aromatic N) is 15. The van der Waals surface area contributed by atoms with Crippen molar-refractivity contribution in [3.63, 3.8) is 0 Å². The Kier molecular flexibility index (Phi) is 25.1. The van der Waals surface area contributed by atoms with Gasteiger partial charge in [-0.15, -0.1) is 0 Å². The van der Waals surface area contributed by atoms with Gasteiger partial charge in [0.1, 0.15) is 0 Å². The van der Waals surface area contributed by atoms with Crippen molar-refractivity contribution in [2.45, 2.75) is 118 Å².